The molecule has 0 aliphatic heterocycles. The van der Waals surface area contributed by atoms with Crippen molar-refractivity contribution in [1.29, 1.82) is 0 Å². The number of hydrogen-bond acceptors (Lipinski definition) is 5. The monoisotopic (exact) mass is 417 g/mol. The Kier molecular flexibility index (Phi) is 8.40. The maximum Gasteiger partial charge on any atom is 0.407 e. The van der Waals surface area contributed by atoms with E-state index in [-0.39, 0.29) is 5.82 Å². The van der Waals surface area contributed by atoms with Gasteiger partial charge in [-0.15, -0.1) is 0 Å². The van der Waals surface area contributed by atoms with Gasteiger partial charge in [-0.25, -0.2) is 14.2 Å². The first-order valence-corrected chi connectivity index (χ1v) is 9.55. The number of rotatable bonds is 7. The van der Waals surface area contributed by atoms with Crippen molar-refractivity contribution in [3.63, 3.8) is 0 Å². The highest BCUT2D eigenvalue weighted by molar-refractivity contribution is 5.79. The fourth-order valence-corrected chi connectivity index (χ4v) is 2.27. The molecule has 0 saturated carbocycles. The zero-order valence-electron chi connectivity index (χ0n) is 17.7. The normalized spacial score (nSPS) is 11.6. The summed E-state index contributed by atoms with van der Waals surface area (Å²) in [4.78, 5) is 20.0. The summed E-state index contributed by atoms with van der Waals surface area (Å²) in [6, 6.07) is 9.35. The van der Waals surface area contributed by atoms with Gasteiger partial charge in [-0.05, 0) is 50.6 Å². The summed E-state index contributed by atoms with van der Waals surface area (Å²) in [7, 11) is 1.66. The average molecular weight is 417 g/mol. The third kappa shape index (κ3) is 8.76. The molecule has 30 heavy (non-hydrogen) atoms. The molecular weight excluding hydrogens is 389 g/mol. The standard InChI is InChI=1S/C21H28FN5O3/c1-21(2,3)30-20(28)25-12-11-24-19(23-4)27-14-15-5-10-18(26-13-15)29-17-8-6-16(22)7-9-17/h5-10,13H,11-12,14H2,1-4H3,(H,25,28)(H2,23,24,27). The number of carbonyl (C=O) groups excluding carboxylic acids is 1. The first-order chi connectivity index (χ1) is 14.2. The first-order valence-electron chi connectivity index (χ1n) is 9.55. The van der Waals surface area contributed by atoms with Gasteiger partial charge in [0.05, 0.1) is 0 Å². The number of carbonyl (C=O) groups is 1. The molecule has 8 nitrogen and oxygen atoms in total. The van der Waals surface area contributed by atoms with Crippen LogP contribution >= 0.6 is 0 Å². The highest BCUT2D eigenvalue weighted by Crippen LogP contribution is 2.19. The number of alkyl carbamates (subject to hydrolysis) is 1. The maximum absolute atomic E-state index is 12.9. The van der Waals surface area contributed by atoms with Gasteiger partial charge in [0.25, 0.3) is 0 Å². The van der Waals surface area contributed by atoms with Crippen LogP contribution in [-0.4, -0.2) is 42.8 Å². The third-order valence-corrected chi connectivity index (χ3v) is 3.60. The molecule has 0 aliphatic carbocycles. The highest BCUT2D eigenvalue weighted by Gasteiger charge is 2.15. The van der Waals surface area contributed by atoms with E-state index >= 15 is 0 Å². The van der Waals surface area contributed by atoms with Crippen LogP contribution in [0.3, 0.4) is 0 Å². The molecule has 0 radical (unpaired) electrons. The molecule has 1 aromatic carbocycles. The van der Waals surface area contributed by atoms with Crippen LogP contribution in [0.2, 0.25) is 0 Å². The minimum absolute atomic E-state index is 0.320. The second kappa shape index (κ2) is 11.0. The number of hydrogen-bond donors (Lipinski definition) is 3. The van der Waals surface area contributed by atoms with Crippen molar-refractivity contribution in [3.8, 4) is 11.6 Å². The molecular formula is C21H28FN5O3. The summed E-state index contributed by atoms with van der Waals surface area (Å²) in [6.07, 6.45) is 1.23. The lowest BCUT2D eigenvalue weighted by Crippen LogP contribution is -2.42. The van der Waals surface area contributed by atoms with Crippen molar-refractivity contribution in [1.82, 2.24) is 20.9 Å². The number of guanidine groups is 1. The molecule has 0 aliphatic rings. The van der Waals surface area contributed by atoms with Crippen LogP contribution in [0.5, 0.6) is 11.6 Å². The number of benzene rings is 1. The summed E-state index contributed by atoms with van der Waals surface area (Å²) in [6.45, 7) is 6.82. The molecule has 0 bridgehead atoms. The zero-order chi connectivity index (χ0) is 22.0. The first kappa shape index (κ1) is 22.9. The summed E-state index contributed by atoms with van der Waals surface area (Å²) in [5.41, 5.74) is 0.402. The number of nitrogens with one attached hydrogen (secondary N) is 3. The molecule has 162 valence electrons. The molecule has 0 saturated heterocycles. The van der Waals surface area contributed by atoms with E-state index in [4.69, 9.17) is 9.47 Å². The van der Waals surface area contributed by atoms with Gasteiger partial charge in [-0.1, -0.05) is 6.07 Å². The molecule has 0 spiro atoms. The van der Waals surface area contributed by atoms with Crippen LogP contribution in [-0.2, 0) is 11.3 Å². The van der Waals surface area contributed by atoms with Crippen molar-refractivity contribution in [2.45, 2.75) is 32.9 Å². The molecule has 1 aromatic heterocycles. The van der Waals surface area contributed by atoms with Crippen molar-refractivity contribution >= 4 is 12.1 Å². The molecule has 0 fully saturated rings. The second-order valence-corrected chi connectivity index (χ2v) is 7.34. The largest absolute Gasteiger partial charge is 0.444 e. The van der Waals surface area contributed by atoms with Crippen molar-refractivity contribution in [2.75, 3.05) is 20.1 Å². The molecule has 9 heteroatoms. The van der Waals surface area contributed by atoms with Gasteiger partial charge >= 0.3 is 6.09 Å². The molecule has 1 amide bonds. The number of nitrogens with zero attached hydrogens (tertiary/aromatic N) is 2. The third-order valence-electron chi connectivity index (χ3n) is 3.60. The van der Waals surface area contributed by atoms with Crippen LogP contribution < -0.4 is 20.7 Å². The Hall–Kier alpha value is -3.36. The van der Waals surface area contributed by atoms with Gasteiger partial charge in [0.15, 0.2) is 5.96 Å². The number of aliphatic imine (C=N–C) groups is 1. The number of halogens is 1. The molecule has 2 rings (SSSR count). The highest BCUT2D eigenvalue weighted by atomic mass is 19.1. The fraction of sp³-hybridized carbons (Fsp3) is 0.381. The molecule has 1 heterocycles. The predicted octanol–water partition coefficient (Wildman–Crippen LogP) is 3.20. The van der Waals surface area contributed by atoms with Crippen LogP contribution in [0.25, 0.3) is 0 Å². The maximum atomic E-state index is 12.9. The number of amides is 1. The van der Waals surface area contributed by atoms with E-state index in [2.05, 4.69) is 25.9 Å². The van der Waals surface area contributed by atoms with E-state index in [9.17, 15) is 9.18 Å². The Labute approximate surface area is 175 Å². The minimum atomic E-state index is -0.525. The smallest absolute Gasteiger partial charge is 0.407 e. The lowest BCUT2D eigenvalue weighted by atomic mass is 10.2. The van der Waals surface area contributed by atoms with Gasteiger partial charge in [0, 0.05) is 38.9 Å². The molecule has 0 unspecified atom stereocenters. The number of ether oxygens (including phenoxy) is 2. The SMILES string of the molecule is CN=C(NCCNC(=O)OC(C)(C)C)NCc1ccc(Oc2ccc(F)cc2)nc1. The van der Waals surface area contributed by atoms with Crippen LogP contribution in [0.15, 0.2) is 47.6 Å². The zero-order valence-corrected chi connectivity index (χ0v) is 17.7. The Morgan fingerprint density at radius 1 is 1.07 bits per heavy atom. The lowest BCUT2D eigenvalue weighted by Gasteiger charge is -2.19. The van der Waals surface area contributed by atoms with Crippen molar-refractivity contribution in [3.05, 3.63) is 54.0 Å². The minimum Gasteiger partial charge on any atom is -0.444 e. The van der Waals surface area contributed by atoms with Crippen LogP contribution in [0, 0.1) is 5.82 Å². The Morgan fingerprint density at radius 3 is 2.37 bits per heavy atom. The van der Waals surface area contributed by atoms with Crippen LogP contribution in [0.1, 0.15) is 26.3 Å². The summed E-state index contributed by atoms with van der Waals surface area (Å²) in [5, 5.41) is 8.93. The van der Waals surface area contributed by atoms with E-state index in [1.807, 2.05) is 26.8 Å². The second-order valence-electron chi connectivity index (χ2n) is 7.34. The summed E-state index contributed by atoms with van der Waals surface area (Å²) in [5.74, 6) is 1.20. The van der Waals surface area contributed by atoms with Gasteiger partial charge in [-0.3, -0.25) is 4.99 Å². The van der Waals surface area contributed by atoms with Gasteiger partial charge < -0.3 is 25.4 Å². The van der Waals surface area contributed by atoms with Gasteiger partial charge in [0.2, 0.25) is 5.88 Å². The average Bonchev–Trinajstić information content (AvgIpc) is 2.69. The topological polar surface area (TPSA) is 96.9 Å². The number of pyridine rings is 1. The van der Waals surface area contributed by atoms with Crippen molar-refractivity contribution < 1.29 is 18.7 Å². The summed E-state index contributed by atoms with van der Waals surface area (Å²) < 4.78 is 23.7. The number of aromatic nitrogens is 1. The Balaban J connectivity index is 1.71. The van der Waals surface area contributed by atoms with Crippen molar-refractivity contribution in [2.24, 2.45) is 4.99 Å². The quantitative estimate of drug-likeness (QED) is 0.364. The van der Waals surface area contributed by atoms with Crippen LogP contribution in [0.4, 0.5) is 9.18 Å². The van der Waals surface area contributed by atoms with E-state index in [1.54, 1.807) is 31.4 Å². The predicted molar refractivity (Wildman–Crippen MR) is 113 cm³/mol. The van der Waals surface area contributed by atoms with Gasteiger partial charge in [0.1, 0.15) is 17.2 Å². The van der Waals surface area contributed by atoms with E-state index < -0.39 is 11.7 Å². The Bertz CT molecular complexity index is 833. The van der Waals surface area contributed by atoms with Gasteiger partial charge in [-0.2, -0.15) is 0 Å². The van der Waals surface area contributed by atoms with E-state index in [0.29, 0.717) is 37.2 Å². The van der Waals surface area contributed by atoms with E-state index in [0.717, 1.165) is 5.56 Å². The molecule has 3 N–H and O–H groups in total. The Morgan fingerprint density at radius 2 is 1.77 bits per heavy atom. The molecule has 2 aromatic rings. The fourth-order valence-electron chi connectivity index (χ4n) is 2.27. The molecule has 0 atom stereocenters. The lowest BCUT2D eigenvalue weighted by molar-refractivity contribution is 0.0529. The van der Waals surface area contributed by atoms with E-state index in [1.165, 1.54) is 12.1 Å². The summed E-state index contributed by atoms with van der Waals surface area (Å²) >= 11 is 0.